The zero-order chi connectivity index (χ0) is 17.1. The molecule has 1 aliphatic rings. The van der Waals surface area contributed by atoms with Crippen LogP contribution in [0.1, 0.15) is 30.3 Å². The second kappa shape index (κ2) is 7.45. The Hall–Kier alpha value is -1.71. The van der Waals surface area contributed by atoms with Crippen molar-refractivity contribution in [1.82, 2.24) is 14.9 Å². The van der Waals surface area contributed by atoms with Gasteiger partial charge in [-0.15, -0.1) is 0 Å². The van der Waals surface area contributed by atoms with Gasteiger partial charge in [0.1, 0.15) is 6.10 Å². The summed E-state index contributed by atoms with van der Waals surface area (Å²) in [7, 11) is 3.18. The molecular formula is C15H17BrN4O3S. The second-order valence-electron chi connectivity index (χ2n) is 5.18. The lowest BCUT2D eigenvalue weighted by atomic mass is 10.2. The Kier molecular flexibility index (Phi) is 5.32. The summed E-state index contributed by atoms with van der Waals surface area (Å²) >= 11 is 8.73. The van der Waals surface area contributed by atoms with Crippen LogP contribution in [0.25, 0.3) is 0 Å². The summed E-state index contributed by atoms with van der Waals surface area (Å²) < 4.78 is 19.1. The van der Waals surface area contributed by atoms with Crippen molar-refractivity contribution in [2.75, 3.05) is 20.8 Å². The number of halogens is 1. The number of rotatable bonds is 5. The maximum absolute atomic E-state index is 5.66. The molecule has 1 fully saturated rings. The van der Waals surface area contributed by atoms with Gasteiger partial charge >= 0.3 is 0 Å². The number of aromatic amines is 1. The predicted molar refractivity (Wildman–Crippen MR) is 95.6 cm³/mol. The number of hydrogen-bond donors (Lipinski definition) is 1. The number of benzene rings is 1. The molecule has 3 rings (SSSR count). The maximum atomic E-state index is 5.66. The molecule has 1 saturated heterocycles. The van der Waals surface area contributed by atoms with Gasteiger partial charge in [0.2, 0.25) is 4.77 Å². The summed E-state index contributed by atoms with van der Waals surface area (Å²) in [4.78, 5) is 0. The number of aromatic nitrogens is 3. The molecule has 2 aromatic rings. The standard InChI is InChI=1S/C15H17BrN4O3S/c1-21-12-7-9(6-10(16)13(12)22-2)8-17-20-14(18-19-15(20)24)11-4-3-5-23-11/h6-8,11H,3-5H2,1-2H3,(H,19,24)/b17-8-. The summed E-state index contributed by atoms with van der Waals surface area (Å²) in [5, 5.41) is 11.5. The van der Waals surface area contributed by atoms with Crippen LogP contribution in [0.2, 0.25) is 0 Å². The minimum atomic E-state index is -0.0766. The fraction of sp³-hybridized carbons (Fsp3) is 0.400. The lowest BCUT2D eigenvalue weighted by Gasteiger charge is -2.10. The van der Waals surface area contributed by atoms with E-state index in [1.165, 1.54) is 0 Å². The predicted octanol–water partition coefficient (Wildman–Crippen LogP) is 3.45. The third-order valence-electron chi connectivity index (χ3n) is 3.67. The van der Waals surface area contributed by atoms with Crippen LogP contribution in [-0.2, 0) is 4.74 Å². The Labute approximate surface area is 152 Å². The fourth-order valence-corrected chi connectivity index (χ4v) is 3.35. The number of methoxy groups -OCH3 is 2. The van der Waals surface area contributed by atoms with Crippen LogP contribution in [0, 0.1) is 4.77 Å². The normalized spacial score (nSPS) is 17.5. The largest absolute Gasteiger partial charge is 0.493 e. The first-order chi connectivity index (χ1) is 11.6. The summed E-state index contributed by atoms with van der Waals surface area (Å²) in [5.74, 6) is 1.94. The van der Waals surface area contributed by atoms with Crippen molar-refractivity contribution in [3.63, 3.8) is 0 Å². The van der Waals surface area contributed by atoms with E-state index in [-0.39, 0.29) is 6.10 Å². The highest BCUT2D eigenvalue weighted by Gasteiger charge is 2.23. The molecule has 7 nitrogen and oxygen atoms in total. The van der Waals surface area contributed by atoms with Crippen LogP contribution < -0.4 is 9.47 Å². The van der Waals surface area contributed by atoms with Gasteiger partial charge in [0.25, 0.3) is 0 Å². The first-order valence-electron chi connectivity index (χ1n) is 7.39. The Morgan fingerprint density at radius 1 is 1.46 bits per heavy atom. The Balaban J connectivity index is 1.93. The maximum Gasteiger partial charge on any atom is 0.216 e. The molecule has 0 aliphatic carbocycles. The Morgan fingerprint density at radius 2 is 2.29 bits per heavy atom. The van der Waals surface area contributed by atoms with E-state index in [1.54, 1.807) is 25.1 Å². The molecule has 1 aromatic heterocycles. The van der Waals surface area contributed by atoms with E-state index in [0.29, 0.717) is 22.1 Å². The fourth-order valence-electron chi connectivity index (χ4n) is 2.54. The molecule has 1 atom stereocenters. The molecule has 0 bridgehead atoms. The van der Waals surface area contributed by atoms with Gasteiger partial charge < -0.3 is 14.2 Å². The van der Waals surface area contributed by atoms with Gasteiger partial charge in [-0.05, 0) is 58.7 Å². The first kappa shape index (κ1) is 17.1. The lowest BCUT2D eigenvalue weighted by molar-refractivity contribution is 0.102. The summed E-state index contributed by atoms with van der Waals surface area (Å²) in [5.41, 5.74) is 0.834. The highest BCUT2D eigenvalue weighted by atomic mass is 79.9. The van der Waals surface area contributed by atoms with Crippen LogP contribution >= 0.6 is 28.1 Å². The number of nitrogens with zero attached hydrogens (tertiary/aromatic N) is 3. The molecule has 128 valence electrons. The van der Waals surface area contributed by atoms with Crippen molar-refractivity contribution in [3.8, 4) is 11.5 Å². The van der Waals surface area contributed by atoms with Crippen LogP contribution in [0.5, 0.6) is 11.5 Å². The Morgan fingerprint density at radius 3 is 2.96 bits per heavy atom. The molecule has 0 spiro atoms. The van der Waals surface area contributed by atoms with Gasteiger partial charge in [0, 0.05) is 6.61 Å². The van der Waals surface area contributed by atoms with Crippen molar-refractivity contribution in [2.24, 2.45) is 5.10 Å². The van der Waals surface area contributed by atoms with Gasteiger partial charge in [-0.3, -0.25) is 5.10 Å². The average molecular weight is 413 g/mol. The highest BCUT2D eigenvalue weighted by Crippen LogP contribution is 2.35. The van der Waals surface area contributed by atoms with E-state index in [2.05, 4.69) is 31.2 Å². The van der Waals surface area contributed by atoms with Crippen LogP contribution in [0.4, 0.5) is 0 Å². The van der Waals surface area contributed by atoms with E-state index in [4.69, 9.17) is 26.4 Å². The molecule has 0 radical (unpaired) electrons. The van der Waals surface area contributed by atoms with E-state index in [0.717, 1.165) is 29.5 Å². The van der Waals surface area contributed by atoms with Gasteiger partial charge in [0.05, 0.1) is 24.9 Å². The molecule has 0 saturated carbocycles. The summed E-state index contributed by atoms with van der Waals surface area (Å²) in [6.45, 7) is 0.733. The molecular weight excluding hydrogens is 396 g/mol. The third-order valence-corrected chi connectivity index (χ3v) is 4.52. The molecule has 1 N–H and O–H groups in total. The highest BCUT2D eigenvalue weighted by molar-refractivity contribution is 9.10. The molecule has 1 unspecified atom stereocenters. The zero-order valence-corrected chi connectivity index (χ0v) is 15.7. The van der Waals surface area contributed by atoms with Gasteiger partial charge in [-0.2, -0.15) is 14.9 Å². The number of nitrogens with one attached hydrogen (secondary N) is 1. The first-order valence-corrected chi connectivity index (χ1v) is 8.59. The van der Waals surface area contributed by atoms with E-state index >= 15 is 0 Å². The summed E-state index contributed by atoms with van der Waals surface area (Å²) in [6.07, 6.45) is 3.54. The number of hydrogen-bond acceptors (Lipinski definition) is 6. The lowest BCUT2D eigenvalue weighted by Crippen LogP contribution is -2.05. The van der Waals surface area contributed by atoms with Gasteiger partial charge in [-0.25, -0.2) is 0 Å². The van der Waals surface area contributed by atoms with Crippen molar-refractivity contribution >= 4 is 34.4 Å². The number of H-pyrrole nitrogens is 1. The molecule has 2 heterocycles. The van der Waals surface area contributed by atoms with Crippen molar-refractivity contribution in [3.05, 3.63) is 32.8 Å². The van der Waals surface area contributed by atoms with Crippen molar-refractivity contribution in [2.45, 2.75) is 18.9 Å². The van der Waals surface area contributed by atoms with E-state index in [9.17, 15) is 0 Å². The van der Waals surface area contributed by atoms with Crippen LogP contribution in [0.3, 0.4) is 0 Å². The molecule has 1 aliphatic heterocycles. The third kappa shape index (κ3) is 3.38. The van der Waals surface area contributed by atoms with E-state index in [1.807, 2.05) is 12.1 Å². The molecule has 24 heavy (non-hydrogen) atoms. The number of ether oxygens (including phenoxy) is 3. The molecule has 1 aromatic carbocycles. The topological polar surface area (TPSA) is 73.7 Å². The molecule has 0 amide bonds. The monoisotopic (exact) mass is 412 g/mol. The quantitative estimate of drug-likeness (QED) is 0.601. The smallest absolute Gasteiger partial charge is 0.216 e. The second-order valence-corrected chi connectivity index (χ2v) is 6.42. The zero-order valence-electron chi connectivity index (χ0n) is 13.3. The van der Waals surface area contributed by atoms with Gasteiger partial charge in [-0.1, -0.05) is 0 Å². The SMILES string of the molecule is COc1cc(/C=N\n2c(C3CCCO3)n[nH]c2=S)cc(Br)c1OC. The molecule has 9 heteroatoms. The average Bonchev–Trinajstić information content (AvgIpc) is 3.22. The van der Waals surface area contributed by atoms with Crippen molar-refractivity contribution in [1.29, 1.82) is 0 Å². The Bertz CT molecular complexity index is 812. The minimum absolute atomic E-state index is 0.0766. The summed E-state index contributed by atoms with van der Waals surface area (Å²) in [6, 6.07) is 3.73. The minimum Gasteiger partial charge on any atom is -0.493 e. The van der Waals surface area contributed by atoms with Crippen LogP contribution in [-0.4, -0.2) is 41.9 Å². The van der Waals surface area contributed by atoms with E-state index < -0.39 is 0 Å². The van der Waals surface area contributed by atoms with Crippen molar-refractivity contribution < 1.29 is 14.2 Å². The van der Waals surface area contributed by atoms with Crippen LogP contribution in [0.15, 0.2) is 21.7 Å². The van der Waals surface area contributed by atoms with Gasteiger partial charge in [0.15, 0.2) is 17.3 Å².